The molecule has 2 aromatic rings. The molecule has 0 amide bonds. The van der Waals surface area contributed by atoms with Crippen molar-refractivity contribution in [2.24, 2.45) is 0 Å². The van der Waals surface area contributed by atoms with E-state index in [1.165, 1.54) is 14.5 Å². The van der Waals surface area contributed by atoms with Gasteiger partial charge in [-0.15, -0.1) is 0 Å². The van der Waals surface area contributed by atoms with Crippen molar-refractivity contribution < 1.29 is 4.74 Å². The van der Waals surface area contributed by atoms with Crippen LogP contribution in [-0.2, 0) is 0 Å². The van der Waals surface area contributed by atoms with Crippen molar-refractivity contribution in [1.82, 2.24) is 4.98 Å². The van der Waals surface area contributed by atoms with Crippen LogP contribution in [0.3, 0.4) is 0 Å². The van der Waals surface area contributed by atoms with Crippen LogP contribution in [0, 0.1) is 0 Å². The Hall–Kier alpha value is -0.771. The summed E-state index contributed by atoms with van der Waals surface area (Å²) >= 11 is -1.12. The van der Waals surface area contributed by atoms with Crippen LogP contribution in [0.25, 0.3) is 10.8 Å². The summed E-state index contributed by atoms with van der Waals surface area (Å²) in [4.78, 5) is 4.68. The van der Waals surface area contributed by atoms with Crippen molar-refractivity contribution in [3.8, 4) is 5.88 Å². The first-order valence-corrected chi connectivity index (χ1v) is 9.96. The quantitative estimate of drug-likeness (QED) is 0.785. The third kappa shape index (κ3) is 3.12. The SMILES string of the molecule is COc1cc2ccccc2[c]([SnH2][C](C)(C)C)n1. The van der Waals surface area contributed by atoms with Gasteiger partial charge >= 0.3 is 113 Å². The van der Waals surface area contributed by atoms with Gasteiger partial charge in [-0.25, -0.2) is 0 Å². The second kappa shape index (κ2) is 4.84. The minimum absolute atomic E-state index is 0.434. The summed E-state index contributed by atoms with van der Waals surface area (Å²) in [6, 6.07) is 10.5. The normalized spacial score (nSPS) is 12.5. The van der Waals surface area contributed by atoms with E-state index in [2.05, 4.69) is 50.0 Å². The molecular weight excluding hydrogens is 317 g/mol. The summed E-state index contributed by atoms with van der Waals surface area (Å²) in [5.74, 6) is 0.750. The number of fused-ring (bicyclic) bond motifs is 1. The number of benzene rings is 1. The standard InChI is InChI=1S/C10H8NO.C4H9.Sn.2H/c1-12-10-6-8-4-2-3-5-9(8)7-11-10;1-4(2)3;;;/h2-6H,1H3;1-3H3;;;. The third-order valence-electron chi connectivity index (χ3n) is 2.70. The number of hydrogen-bond acceptors (Lipinski definition) is 2. The van der Waals surface area contributed by atoms with Gasteiger partial charge in [0.2, 0.25) is 0 Å². The molecule has 0 atom stereocenters. The summed E-state index contributed by atoms with van der Waals surface area (Å²) < 4.78 is 7.06. The molecule has 17 heavy (non-hydrogen) atoms. The molecule has 90 valence electrons. The first-order valence-electron chi connectivity index (χ1n) is 5.92. The molecule has 0 fully saturated rings. The zero-order chi connectivity index (χ0) is 12.5. The fraction of sp³-hybridized carbons (Fsp3) is 0.357. The van der Waals surface area contributed by atoms with Gasteiger partial charge < -0.3 is 0 Å². The van der Waals surface area contributed by atoms with Crippen molar-refractivity contribution in [3.05, 3.63) is 30.3 Å². The van der Waals surface area contributed by atoms with E-state index in [0.29, 0.717) is 3.43 Å². The van der Waals surface area contributed by atoms with Crippen molar-refractivity contribution in [1.29, 1.82) is 0 Å². The van der Waals surface area contributed by atoms with Gasteiger partial charge in [0.05, 0.1) is 0 Å². The maximum absolute atomic E-state index is 5.30. The van der Waals surface area contributed by atoms with Crippen LogP contribution in [0.2, 0.25) is 3.43 Å². The average molecular weight is 336 g/mol. The molecule has 2 rings (SSSR count). The van der Waals surface area contributed by atoms with Crippen molar-refractivity contribution >= 4 is 35.6 Å². The molecule has 0 aliphatic rings. The van der Waals surface area contributed by atoms with Crippen LogP contribution < -0.4 is 8.45 Å². The predicted octanol–water partition coefficient (Wildman–Crippen LogP) is 2.26. The number of methoxy groups -OCH3 is 1. The molecule has 3 heteroatoms. The summed E-state index contributed by atoms with van der Waals surface area (Å²) in [5, 5.41) is 2.56. The molecule has 0 aliphatic carbocycles. The Balaban J connectivity index is 2.58. The number of hydrogen-bond donors (Lipinski definition) is 0. The third-order valence-corrected chi connectivity index (χ3v) is 8.22. The van der Waals surface area contributed by atoms with E-state index in [1.807, 2.05) is 6.07 Å². The minimum atomic E-state index is -1.12. The summed E-state index contributed by atoms with van der Waals surface area (Å²) in [7, 11) is 1.69. The molecule has 0 saturated carbocycles. The van der Waals surface area contributed by atoms with Crippen LogP contribution in [0.1, 0.15) is 20.8 Å². The molecule has 0 spiro atoms. The van der Waals surface area contributed by atoms with E-state index in [0.717, 1.165) is 5.88 Å². The number of rotatable bonds is 2. The van der Waals surface area contributed by atoms with Gasteiger partial charge in [0.1, 0.15) is 0 Å². The van der Waals surface area contributed by atoms with E-state index in [-0.39, 0.29) is 0 Å². The number of aromatic nitrogens is 1. The first-order chi connectivity index (χ1) is 7.99. The number of ether oxygens (including phenoxy) is 1. The Kier molecular flexibility index (Phi) is 3.61. The summed E-state index contributed by atoms with van der Waals surface area (Å²) in [6.45, 7) is 6.96. The van der Waals surface area contributed by atoms with E-state index >= 15 is 0 Å². The van der Waals surface area contributed by atoms with Gasteiger partial charge in [0.25, 0.3) is 0 Å². The van der Waals surface area contributed by atoms with E-state index in [4.69, 9.17) is 4.74 Å². The molecule has 1 aromatic heterocycles. The monoisotopic (exact) mass is 337 g/mol. The Labute approximate surface area is 113 Å². The van der Waals surface area contributed by atoms with Crippen molar-refractivity contribution in [2.75, 3.05) is 7.11 Å². The van der Waals surface area contributed by atoms with Crippen molar-refractivity contribution in [3.63, 3.8) is 0 Å². The van der Waals surface area contributed by atoms with Crippen LogP contribution >= 0.6 is 0 Å². The molecular formula is C14H19NOSn. The molecule has 0 bridgehead atoms. The predicted molar refractivity (Wildman–Crippen MR) is 76.2 cm³/mol. The Morgan fingerprint density at radius 2 is 1.88 bits per heavy atom. The fourth-order valence-electron chi connectivity index (χ4n) is 1.99. The molecule has 1 aromatic carbocycles. The van der Waals surface area contributed by atoms with E-state index in [1.54, 1.807) is 7.11 Å². The average Bonchev–Trinajstić information content (AvgIpc) is 2.26. The van der Waals surface area contributed by atoms with Gasteiger partial charge in [0, 0.05) is 0 Å². The zero-order valence-corrected chi connectivity index (χ0v) is 15.0. The molecule has 0 aliphatic heterocycles. The Bertz CT molecular complexity index is 531. The second-order valence-corrected chi connectivity index (χ2v) is 14.5. The maximum atomic E-state index is 5.30. The zero-order valence-electron chi connectivity index (χ0n) is 10.9. The van der Waals surface area contributed by atoms with Crippen LogP contribution in [0.5, 0.6) is 5.88 Å². The Morgan fingerprint density at radius 3 is 2.53 bits per heavy atom. The Morgan fingerprint density at radius 1 is 1.18 bits per heavy atom. The summed E-state index contributed by atoms with van der Waals surface area (Å²) in [6.07, 6.45) is 0. The summed E-state index contributed by atoms with van der Waals surface area (Å²) in [5.41, 5.74) is 0. The second-order valence-electron chi connectivity index (χ2n) is 5.57. The molecule has 0 N–H and O–H groups in total. The van der Waals surface area contributed by atoms with Crippen molar-refractivity contribution in [2.45, 2.75) is 24.2 Å². The topological polar surface area (TPSA) is 22.1 Å². The first kappa shape index (κ1) is 12.7. The fourth-order valence-corrected chi connectivity index (χ4v) is 6.99. The molecule has 0 radical (unpaired) electrons. The molecule has 1 heterocycles. The van der Waals surface area contributed by atoms with Gasteiger partial charge in [-0.3, -0.25) is 0 Å². The molecule has 0 saturated heterocycles. The number of nitrogens with zero attached hydrogens (tertiary/aromatic N) is 1. The molecule has 0 unspecified atom stereocenters. The van der Waals surface area contributed by atoms with E-state index < -0.39 is 21.1 Å². The van der Waals surface area contributed by atoms with E-state index in [9.17, 15) is 0 Å². The van der Waals surface area contributed by atoms with Crippen LogP contribution in [0.4, 0.5) is 0 Å². The van der Waals surface area contributed by atoms with Gasteiger partial charge in [-0.05, 0) is 0 Å². The van der Waals surface area contributed by atoms with Crippen LogP contribution in [0.15, 0.2) is 30.3 Å². The van der Waals surface area contributed by atoms with Gasteiger partial charge in [-0.2, -0.15) is 0 Å². The molecule has 2 nitrogen and oxygen atoms in total. The van der Waals surface area contributed by atoms with Gasteiger partial charge in [0.15, 0.2) is 0 Å². The van der Waals surface area contributed by atoms with Crippen LogP contribution in [-0.4, -0.2) is 33.2 Å². The number of pyridine rings is 1. The van der Waals surface area contributed by atoms with Gasteiger partial charge in [-0.1, -0.05) is 0 Å².